The highest BCUT2D eigenvalue weighted by molar-refractivity contribution is 5.91. The maximum atomic E-state index is 12.6. The molecule has 0 spiro atoms. The zero-order valence-electron chi connectivity index (χ0n) is 16.7. The van der Waals surface area contributed by atoms with Crippen molar-refractivity contribution in [3.63, 3.8) is 0 Å². The summed E-state index contributed by atoms with van der Waals surface area (Å²) in [6, 6.07) is 20.5. The first-order valence-electron chi connectivity index (χ1n) is 9.98. The van der Waals surface area contributed by atoms with Crippen LogP contribution < -0.4 is 11.1 Å². The summed E-state index contributed by atoms with van der Waals surface area (Å²) in [5.74, 6) is 0.923. The lowest BCUT2D eigenvalue weighted by Gasteiger charge is -2.16. The Bertz CT molecular complexity index is 968. The first kappa shape index (κ1) is 19.4. The van der Waals surface area contributed by atoms with Crippen molar-refractivity contribution in [2.24, 2.45) is 5.73 Å². The maximum absolute atomic E-state index is 12.6. The van der Waals surface area contributed by atoms with E-state index >= 15 is 0 Å². The molecule has 6 heteroatoms. The molecule has 2 atom stereocenters. The molecule has 1 aromatic heterocycles. The van der Waals surface area contributed by atoms with Crippen molar-refractivity contribution in [1.29, 1.82) is 0 Å². The minimum Gasteiger partial charge on any atom is -0.326 e. The van der Waals surface area contributed by atoms with Gasteiger partial charge in [-0.2, -0.15) is 5.10 Å². The smallest absolute Gasteiger partial charge is 0.239 e. The first-order valence-corrected chi connectivity index (χ1v) is 9.98. The zero-order valence-corrected chi connectivity index (χ0v) is 16.7. The molecule has 3 aromatic rings. The van der Waals surface area contributed by atoms with Crippen LogP contribution in [-0.2, 0) is 11.3 Å². The third-order valence-corrected chi connectivity index (χ3v) is 5.43. The Labute approximate surface area is 171 Å². The van der Waals surface area contributed by atoms with E-state index in [0.717, 1.165) is 18.7 Å². The Morgan fingerprint density at radius 2 is 1.97 bits per heavy atom. The minimum atomic E-state index is -0.0445. The number of hydrogen-bond acceptors (Lipinski definition) is 4. The van der Waals surface area contributed by atoms with Crippen LogP contribution in [0.4, 0.5) is 5.82 Å². The van der Waals surface area contributed by atoms with E-state index in [1.54, 1.807) is 6.20 Å². The molecular formula is C23H27N5O. The van der Waals surface area contributed by atoms with Crippen LogP contribution in [0.5, 0.6) is 0 Å². The molecule has 3 N–H and O–H groups in total. The third kappa shape index (κ3) is 4.72. The Kier molecular flexibility index (Phi) is 5.74. The number of benzene rings is 2. The monoisotopic (exact) mass is 389 g/mol. The van der Waals surface area contributed by atoms with Crippen LogP contribution >= 0.6 is 0 Å². The predicted octanol–water partition coefficient (Wildman–Crippen LogP) is 2.61. The number of nitrogens with one attached hydrogen (secondary N) is 1. The number of rotatable bonds is 6. The van der Waals surface area contributed by atoms with Crippen molar-refractivity contribution in [3.8, 4) is 0 Å². The van der Waals surface area contributed by atoms with Crippen molar-refractivity contribution in [3.05, 3.63) is 83.6 Å². The first-order chi connectivity index (χ1) is 14.1. The minimum absolute atomic E-state index is 0.0389. The zero-order chi connectivity index (χ0) is 20.2. The number of aryl methyl sites for hydroxylation is 1. The van der Waals surface area contributed by atoms with E-state index in [0.29, 0.717) is 18.9 Å². The molecule has 0 bridgehead atoms. The fraction of sp³-hybridized carbons (Fsp3) is 0.304. The van der Waals surface area contributed by atoms with Crippen molar-refractivity contribution < 1.29 is 4.79 Å². The average Bonchev–Trinajstić information content (AvgIpc) is 3.28. The number of aromatic nitrogens is 2. The van der Waals surface area contributed by atoms with Crippen molar-refractivity contribution in [2.45, 2.75) is 25.4 Å². The second-order valence-corrected chi connectivity index (χ2v) is 7.79. The predicted molar refractivity (Wildman–Crippen MR) is 115 cm³/mol. The topological polar surface area (TPSA) is 76.2 Å². The molecule has 4 rings (SSSR count). The van der Waals surface area contributed by atoms with Gasteiger partial charge in [-0.1, -0.05) is 60.2 Å². The summed E-state index contributed by atoms with van der Waals surface area (Å²) in [5, 5.41) is 7.36. The van der Waals surface area contributed by atoms with Gasteiger partial charge >= 0.3 is 0 Å². The highest BCUT2D eigenvalue weighted by atomic mass is 16.2. The van der Waals surface area contributed by atoms with Crippen LogP contribution in [0.3, 0.4) is 0 Å². The van der Waals surface area contributed by atoms with Gasteiger partial charge in [0.2, 0.25) is 5.91 Å². The molecular weight excluding hydrogens is 362 g/mol. The molecule has 6 nitrogen and oxygen atoms in total. The highest BCUT2D eigenvalue weighted by Crippen LogP contribution is 2.26. The molecule has 29 heavy (non-hydrogen) atoms. The van der Waals surface area contributed by atoms with Gasteiger partial charge in [0.15, 0.2) is 0 Å². The number of hydrogen-bond donors (Lipinski definition) is 2. The van der Waals surface area contributed by atoms with Crippen LogP contribution in [-0.4, -0.2) is 46.3 Å². The van der Waals surface area contributed by atoms with Crippen molar-refractivity contribution >= 4 is 11.7 Å². The number of nitrogens with two attached hydrogens (primary N) is 1. The van der Waals surface area contributed by atoms with E-state index in [1.165, 1.54) is 11.1 Å². The quantitative estimate of drug-likeness (QED) is 0.679. The van der Waals surface area contributed by atoms with E-state index in [1.807, 2.05) is 35.0 Å². The molecule has 1 amide bonds. The van der Waals surface area contributed by atoms with E-state index in [2.05, 4.69) is 52.6 Å². The fourth-order valence-corrected chi connectivity index (χ4v) is 4.03. The largest absolute Gasteiger partial charge is 0.326 e. The molecule has 0 unspecified atom stereocenters. The van der Waals surface area contributed by atoms with Gasteiger partial charge in [0.25, 0.3) is 0 Å². The normalized spacial score (nSPS) is 19.4. The van der Waals surface area contributed by atoms with Gasteiger partial charge in [0.1, 0.15) is 5.82 Å². The second-order valence-electron chi connectivity index (χ2n) is 7.79. The summed E-state index contributed by atoms with van der Waals surface area (Å²) < 4.78 is 1.81. The molecule has 1 aliphatic rings. The van der Waals surface area contributed by atoms with Crippen LogP contribution in [0.2, 0.25) is 0 Å². The molecule has 2 aromatic carbocycles. The number of carbonyl (C=O) groups is 1. The van der Waals surface area contributed by atoms with Gasteiger partial charge in [-0.15, -0.1) is 0 Å². The summed E-state index contributed by atoms with van der Waals surface area (Å²) >= 11 is 0. The SMILES string of the molecule is Cc1cccc(Cn2nccc2NC(=O)CN2C[C@@H](N)[C@H](c3ccccc3)C2)c1. The molecule has 1 aliphatic heterocycles. The van der Waals surface area contributed by atoms with Crippen LogP contribution in [0, 0.1) is 6.92 Å². The van der Waals surface area contributed by atoms with E-state index in [-0.39, 0.29) is 17.9 Å². The van der Waals surface area contributed by atoms with E-state index in [9.17, 15) is 4.79 Å². The number of amides is 1. The number of anilines is 1. The van der Waals surface area contributed by atoms with Gasteiger partial charge in [-0.05, 0) is 18.1 Å². The summed E-state index contributed by atoms with van der Waals surface area (Å²) in [7, 11) is 0. The number of likely N-dealkylation sites (tertiary alicyclic amines) is 1. The average molecular weight is 390 g/mol. The lowest BCUT2D eigenvalue weighted by Crippen LogP contribution is -2.34. The van der Waals surface area contributed by atoms with Gasteiger partial charge < -0.3 is 11.1 Å². The third-order valence-electron chi connectivity index (χ3n) is 5.43. The van der Waals surface area contributed by atoms with E-state index < -0.39 is 0 Å². The van der Waals surface area contributed by atoms with Crippen LogP contribution in [0.15, 0.2) is 66.9 Å². The maximum Gasteiger partial charge on any atom is 0.239 e. The fourth-order valence-electron chi connectivity index (χ4n) is 4.03. The van der Waals surface area contributed by atoms with Gasteiger partial charge in [0.05, 0.1) is 19.3 Å². The summed E-state index contributed by atoms with van der Waals surface area (Å²) in [5.41, 5.74) is 9.94. The summed E-state index contributed by atoms with van der Waals surface area (Å²) in [6.07, 6.45) is 1.71. The molecule has 1 fully saturated rings. The van der Waals surface area contributed by atoms with Gasteiger partial charge in [0, 0.05) is 31.1 Å². The standard InChI is InChI=1S/C23H27N5O/c1-17-6-5-7-18(12-17)13-28-22(10-11-25-28)26-23(29)16-27-14-20(21(24)15-27)19-8-3-2-4-9-19/h2-12,20-21H,13-16,24H2,1H3,(H,26,29)/t20-,21+/m0/s1. The Hall–Kier alpha value is -2.96. The Morgan fingerprint density at radius 1 is 1.14 bits per heavy atom. The Balaban J connectivity index is 1.36. The Morgan fingerprint density at radius 3 is 2.76 bits per heavy atom. The van der Waals surface area contributed by atoms with Crippen molar-refractivity contribution in [1.82, 2.24) is 14.7 Å². The highest BCUT2D eigenvalue weighted by Gasteiger charge is 2.32. The van der Waals surface area contributed by atoms with Crippen LogP contribution in [0.25, 0.3) is 0 Å². The van der Waals surface area contributed by atoms with Gasteiger partial charge in [-0.25, -0.2) is 4.68 Å². The summed E-state index contributed by atoms with van der Waals surface area (Å²) in [6.45, 7) is 4.52. The molecule has 1 saturated heterocycles. The molecule has 0 radical (unpaired) electrons. The van der Waals surface area contributed by atoms with Crippen LogP contribution in [0.1, 0.15) is 22.6 Å². The molecule has 150 valence electrons. The van der Waals surface area contributed by atoms with E-state index in [4.69, 9.17) is 5.73 Å². The lowest BCUT2D eigenvalue weighted by molar-refractivity contribution is -0.117. The number of nitrogens with zero attached hydrogens (tertiary/aromatic N) is 3. The number of carbonyl (C=O) groups excluding carboxylic acids is 1. The molecule has 0 aliphatic carbocycles. The van der Waals surface area contributed by atoms with Crippen molar-refractivity contribution in [2.75, 3.05) is 25.0 Å². The van der Waals surface area contributed by atoms with Gasteiger partial charge in [-0.3, -0.25) is 9.69 Å². The second kappa shape index (κ2) is 8.59. The lowest BCUT2D eigenvalue weighted by atomic mass is 9.95. The molecule has 0 saturated carbocycles. The molecule has 2 heterocycles. The summed E-state index contributed by atoms with van der Waals surface area (Å²) in [4.78, 5) is 14.8.